The van der Waals surface area contributed by atoms with Gasteiger partial charge in [-0.25, -0.2) is 8.42 Å². The van der Waals surface area contributed by atoms with E-state index in [-0.39, 0.29) is 12.1 Å². The van der Waals surface area contributed by atoms with Crippen LogP contribution in [0, 0.1) is 0 Å². The van der Waals surface area contributed by atoms with E-state index in [1.165, 1.54) is 12.8 Å². The minimum Gasteiger partial charge on any atom is -0.266 e. The summed E-state index contributed by atoms with van der Waals surface area (Å²) in [5.74, 6) is 0. The summed E-state index contributed by atoms with van der Waals surface area (Å²) in [7, 11) is -3.67. The van der Waals surface area contributed by atoms with Crippen molar-refractivity contribution in [2.45, 2.75) is 87.7 Å². The van der Waals surface area contributed by atoms with E-state index >= 15 is 0 Å². The van der Waals surface area contributed by atoms with Crippen LogP contribution >= 0.6 is 11.3 Å². The average molecular weight is 484 g/mol. The minimum atomic E-state index is -3.67. The quantitative estimate of drug-likeness (QED) is 0.395. The molecule has 2 saturated carbocycles. The van der Waals surface area contributed by atoms with E-state index in [4.69, 9.17) is 5.10 Å². The number of sulfonamides is 1. The highest BCUT2D eigenvalue weighted by atomic mass is 32.2. The molecule has 0 unspecified atom stereocenters. The number of aromatic nitrogens is 2. The number of hydrogen-bond acceptors (Lipinski definition) is 4. The lowest BCUT2D eigenvalue weighted by atomic mass is 9.91. The van der Waals surface area contributed by atoms with Gasteiger partial charge in [0.1, 0.15) is 10.6 Å². The first kappa shape index (κ1) is 22.8. The molecule has 2 heterocycles. The van der Waals surface area contributed by atoms with E-state index < -0.39 is 10.0 Å². The largest absolute Gasteiger partial charge is 0.266 e. The van der Waals surface area contributed by atoms with E-state index in [2.05, 4.69) is 12.1 Å². The Balaban J connectivity index is 1.56. The molecule has 0 radical (unpaired) electrons. The number of nitrogens with zero attached hydrogens (tertiary/aromatic N) is 3. The Bertz CT molecular complexity index is 1110. The van der Waals surface area contributed by atoms with E-state index in [0.717, 1.165) is 61.8 Å². The van der Waals surface area contributed by atoms with Gasteiger partial charge in [-0.15, -0.1) is 11.3 Å². The molecule has 5 nitrogen and oxygen atoms in total. The molecule has 7 heteroatoms. The van der Waals surface area contributed by atoms with Crippen molar-refractivity contribution in [1.29, 1.82) is 0 Å². The summed E-state index contributed by atoms with van der Waals surface area (Å²) in [6, 6.07) is 14.3. The van der Waals surface area contributed by atoms with Crippen LogP contribution in [0.4, 0.5) is 0 Å². The number of thiophene rings is 1. The van der Waals surface area contributed by atoms with Gasteiger partial charge in [-0.2, -0.15) is 9.40 Å². The predicted molar refractivity (Wildman–Crippen MR) is 134 cm³/mol. The van der Waals surface area contributed by atoms with Gasteiger partial charge in [0.2, 0.25) is 10.0 Å². The van der Waals surface area contributed by atoms with E-state index in [9.17, 15) is 8.42 Å². The third-order valence-corrected chi connectivity index (χ3v) is 9.98. The maximum Gasteiger partial charge on any atom is 0.247 e. The van der Waals surface area contributed by atoms with Crippen molar-refractivity contribution in [3.05, 3.63) is 59.6 Å². The normalized spacial score (nSPS) is 18.7. The molecule has 0 atom stereocenters. The molecule has 33 heavy (non-hydrogen) atoms. The molecular weight excluding hydrogens is 450 g/mol. The number of hydrogen-bond donors (Lipinski definition) is 0. The molecule has 2 aliphatic rings. The summed E-state index contributed by atoms with van der Waals surface area (Å²) in [6.45, 7) is 0.557. The van der Waals surface area contributed by atoms with Crippen molar-refractivity contribution >= 4 is 21.4 Å². The maximum atomic E-state index is 14.4. The van der Waals surface area contributed by atoms with Gasteiger partial charge in [0.15, 0.2) is 0 Å². The van der Waals surface area contributed by atoms with E-state index in [1.54, 1.807) is 22.2 Å². The summed E-state index contributed by atoms with van der Waals surface area (Å²) in [5, 5.41) is 6.80. The first-order valence-electron chi connectivity index (χ1n) is 12.3. The Morgan fingerprint density at radius 3 is 2.09 bits per heavy atom. The van der Waals surface area contributed by atoms with Crippen molar-refractivity contribution in [3.8, 4) is 10.6 Å². The Kier molecular flexibility index (Phi) is 6.99. The average Bonchev–Trinajstić information content (AvgIpc) is 3.52. The fourth-order valence-corrected chi connectivity index (χ4v) is 8.37. The second kappa shape index (κ2) is 10.1. The third kappa shape index (κ3) is 4.96. The summed E-state index contributed by atoms with van der Waals surface area (Å²) in [4.78, 5) is 1.28. The smallest absolute Gasteiger partial charge is 0.247 e. The van der Waals surface area contributed by atoms with Gasteiger partial charge in [-0.05, 0) is 42.7 Å². The molecule has 1 aromatic carbocycles. The monoisotopic (exact) mass is 483 g/mol. The summed E-state index contributed by atoms with van der Waals surface area (Å²) >= 11 is 1.55. The second-order valence-electron chi connectivity index (χ2n) is 9.42. The first-order valence-corrected chi connectivity index (χ1v) is 14.6. The maximum absolute atomic E-state index is 14.4. The Hall–Kier alpha value is -1.96. The summed E-state index contributed by atoms with van der Waals surface area (Å²) in [6.07, 6.45) is 12.6. The summed E-state index contributed by atoms with van der Waals surface area (Å²) in [5.41, 5.74) is 1.70. The highest BCUT2D eigenvalue weighted by molar-refractivity contribution is 7.89. The molecule has 0 saturated heterocycles. The van der Waals surface area contributed by atoms with E-state index in [1.807, 2.05) is 40.0 Å². The Labute approximate surface area is 201 Å². The van der Waals surface area contributed by atoms with Gasteiger partial charge < -0.3 is 0 Å². The van der Waals surface area contributed by atoms with Gasteiger partial charge >= 0.3 is 0 Å². The molecule has 0 N–H and O–H groups in total. The zero-order chi connectivity index (χ0) is 22.7. The molecule has 3 aromatic rings. The van der Waals surface area contributed by atoms with Crippen LogP contribution in [0.2, 0.25) is 0 Å². The second-order valence-corrected chi connectivity index (χ2v) is 12.2. The van der Waals surface area contributed by atoms with Gasteiger partial charge in [0, 0.05) is 18.3 Å². The lowest BCUT2D eigenvalue weighted by Gasteiger charge is -2.40. The lowest BCUT2D eigenvalue weighted by molar-refractivity contribution is 0.170. The van der Waals surface area contributed by atoms with Crippen LogP contribution in [0.25, 0.3) is 10.6 Å². The van der Waals surface area contributed by atoms with Crippen molar-refractivity contribution in [3.63, 3.8) is 0 Å². The molecule has 5 rings (SSSR count). The third-order valence-electron chi connectivity index (χ3n) is 7.09. The van der Waals surface area contributed by atoms with Crippen LogP contribution in [-0.2, 0) is 16.6 Å². The van der Waals surface area contributed by atoms with Gasteiger partial charge in [-0.3, -0.25) is 4.68 Å². The fraction of sp³-hybridized carbons (Fsp3) is 0.500. The lowest BCUT2D eigenvalue weighted by Crippen LogP contribution is -2.48. The minimum absolute atomic E-state index is 0.112. The highest BCUT2D eigenvalue weighted by Gasteiger charge is 2.40. The van der Waals surface area contributed by atoms with Crippen LogP contribution in [0.3, 0.4) is 0 Å². The van der Waals surface area contributed by atoms with Gasteiger partial charge in [0.05, 0.1) is 11.4 Å². The summed E-state index contributed by atoms with van der Waals surface area (Å²) < 4.78 is 32.5. The predicted octanol–water partition coefficient (Wildman–Crippen LogP) is 6.32. The first-order chi connectivity index (χ1) is 16.1. The highest BCUT2D eigenvalue weighted by Crippen LogP contribution is 2.38. The molecule has 0 bridgehead atoms. The van der Waals surface area contributed by atoms with Crippen molar-refractivity contribution in [1.82, 2.24) is 14.1 Å². The molecule has 0 spiro atoms. The fourth-order valence-electron chi connectivity index (χ4n) is 5.50. The SMILES string of the molecule is O=S(=O)(c1cn(Cc2ccccc2)nc1-c1cccs1)N(C1CCCCC1)C1CCCCC1. The molecule has 176 valence electrons. The van der Waals surface area contributed by atoms with E-state index in [0.29, 0.717) is 17.1 Å². The van der Waals surface area contributed by atoms with Crippen molar-refractivity contribution < 1.29 is 8.42 Å². The molecule has 2 aliphatic carbocycles. The van der Waals surface area contributed by atoms with Crippen molar-refractivity contribution in [2.75, 3.05) is 0 Å². The zero-order valence-electron chi connectivity index (χ0n) is 19.1. The topological polar surface area (TPSA) is 55.2 Å². The van der Waals surface area contributed by atoms with Crippen LogP contribution in [0.1, 0.15) is 69.8 Å². The van der Waals surface area contributed by atoms with Crippen LogP contribution < -0.4 is 0 Å². The van der Waals surface area contributed by atoms with Crippen LogP contribution in [-0.4, -0.2) is 34.6 Å². The number of rotatable bonds is 7. The van der Waals surface area contributed by atoms with Gasteiger partial charge in [0.25, 0.3) is 0 Å². The molecular formula is C26H33N3O2S2. The van der Waals surface area contributed by atoms with Crippen molar-refractivity contribution in [2.24, 2.45) is 0 Å². The molecule has 0 amide bonds. The van der Waals surface area contributed by atoms with Gasteiger partial charge in [-0.1, -0.05) is 74.9 Å². The standard InChI is InChI=1S/C26H33N3O2S2/c30-33(31,29(22-13-6-2-7-14-22)23-15-8-3-9-16-23)25-20-28(19-21-11-4-1-5-12-21)27-26(25)24-17-10-18-32-24/h1,4-5,10-12,17-18,20,22-23H,2-3,6-9,13-16,19H2. The number of benzene rings is 1. The molecule has 2 fully saturated rings. The Morgan fingerprint density at radius 1 is 0.879 bits per heavy atom. The van der Waals surface area contributed by atoms with Crippen LogP contribution in [0.5, 0.6) is 0 Å². The van der Waals surface area contributed by atoms with Crippen LogP contribution in [0.15, 0.2) is 58.9 Å². The molecule has 0 aliphatic heterocycles. The molecule has 2 aromatic heterocycles. The zero-order valence-corrected chi connectivity index (χ0v) is 20.7. The Morgan fingerprint density at radius 2 is 1.52 bits per heavy atom.